The fourth-order valence-corrected chi connectivity index (χ4v) is 3.36. The summed E-state index contributed by atoms with van der Waals surface area (Å²) in [5, 5.41) is 2.93. The van der Waals surface area contributed by atoms with Crippen molar-refractivity contribution >= 4 is 11.8 Å². The molecule has 1 aliphatic heterocycles. The summed E-state index contributed by atoms with van der Waals surface area (Å²) in [5.41, 5.74) is 2.92. The number of hydrogen-bond donors (Lipinski definition) is 1. The Morgan fingerprint density at radius 3 is 2.64 bits per heavy atom. The van der Waals surface area contributed by atoms with Crippen LogP contribution in [0, 0.1) is 18.7 Å². The Morgan fingerprint density at radius 1 is 1.24 bits per heavy atom. The Hall–Kier alpha value is -2.69. The second kappa shape index (κ2) is 7.05. The minimum Gasteiger partial charge on any atom is -0.352 e. The van der Waals surface area contributed by atoms with E-state index in [1.807, 2.05) is 31.2 Å². The van der Waals surface area contributed by atoms with Crippen molar-refractivity contribution in [1.82, 2.24) is 10.2 Å². The highest BCUT2D eigenvalue weighted by Crippen LogP contribution is 2.37. The molecular weight excluding hydrogens is 319 g/mol. The Labute approximate surface area is 146 Å². The van der Waals surface area contributed by atoms with E-state index in [1.54, 1.807) is 24.1 Å². The maximum absolute atomic E-state index is 13.2. The predicted octanol–water partition coefficient (Wildman–Crippen LogP) is 2.97. The van der Waals surface area contributed by atoms with E-state index in [0.29, 0.717) is 6.54 Å². The van der Waals surface area contributed by atoms with Crippen molar-refractivity contribution in [3.63, 3.8) is 0 Å². The molecule has 0 aromatic heterocycles. The van der Waals surface area contributed by atoms with Crippen LogP contribution in [0.25, 0.3) is 0 Å². The molecule has 1 saturated heterocycles. The van der Waals surface area contributed by atoms with Gasteiger partial charge in [-0.05, 0) is 30.2 Å². The number of aryl methyl sites for hydroxylation is 1. The van der Waals surface area contributed by atoms with E-state index in [1.165, 1.54) is 12.1 Å². The number of likely N-dealkylation sites (tertiary alicyclic amines) is 1. The van der Waals surface area contributed by atoms with E-state index in [4.69, 9.17) is 0 Å². The van der Waals surface area contributed by atoms with Gasteiger partial charge in [0.25, 0.3) is 0 Å². The van der Waals surface area contributed by atoms with Crippen LogP contribution in [0.5, 0.6) is 0 Å². The summed E-state index contributed by atoms with van der Waals surface area (Å²) in [6.45, 7) is 2.42. The van der Waals surface area contributed by atoms with E-state index in [-0.39, 0.29) is 30.1 Å². The summed E-state index contributed by atoms with van der Waals surface area (Å²) in [7, 11) is 1.68. The lowest BCUT2D eigenvalue weighted by Crippen LogP contribution is -2.34. The van der Waals surface area contributed by atoms with Gasteiger partial charge in [-0.25, -0.2) is 4.39 Å². The van der Waals surface area contributed by atoms with Crippen LogP contribution in [-0.2, 0) is 16.1 Å². The second-order valence-electron chi connectivity index (χ2n) is 6.52. The first kappa shape index (κ1) is 17.1. The van der Waals surface area contributed by atoms with Crippen molar-refractivity contribution in [2.75, 3.05) is 7.05 Å². The SMILES string of the molecule is Cc1cccc(CNC(=O)[C@H]2CC(=O)N(C)[C@H]2c2ccc(F)cc2)c1. The van der Waals surface area contributed by atoms with Crippen LogP contribution in [0.4, 0.5) is 4.39 Å². The number of benzene rings is 2. The standard InChI is InChI=1S/C20H21FN2O2/c1-13-4-3-5-14(10-13)12-22-20(25)17-11-18(24)23(2)19(17)15-6-8-16(21)9-7-15/h3-10,17,19H,11-12H2,1-2H3,(H,22,25)/t17-,19-/m0/s1. The first-order valence-electron chi connectivity index (χ1n) is 8.30. The summed E-state index contributed by atoms with van der Waals surface area (Å²) in [4.78, 5) is 26.4. The van der Waals surface area contributed by atoms with Crippen LogP contribution < -0.4 is 5.32 Å². The van der Waals surface area contributed by atoms with E-state index >= 15 is 0 Å². The van der Waals surface area contributed by atoms with Gasteiger partial charge in [-0.3, -0.25) is 9.59 Å². The summed E-state index contributed by atoms with van der Waals surface area (Å²) >= 11 is 0. The molecule has 2 aromatic carbocycles. The maximum Gasteiger partial charge on any atom is 0.226 e. The molecule has 25 heavy (non-hydrogen) atoms. The van der Waals surface area contributed by atoms with Gasteiger partial charge in [0.05, 0.1) is 12.0 Å². The first-order valence-corrected chi connectivity index (χ1v) is 8.30. The molecule has 1 fully saturated rings. The molecule has 5 heteroatoms. The molecule has 2 aromatic rings. The predicted molar refractivity (Wildman–Crippen MR) is 93.0 cm³/mol. The zero-order valence-corrected chi connectivity index (χ0v) is 14.3. The van der Waals surface area contributed by atoms with E-state index in [9.17, 15) is 14.0 Å². The number of halogens is 1. The molecule has 0 saturated carbocycles. The first-order chi connectivity index (χ1) is 12.0. The Balaban J connectivity index is 1.75. The molecule has 1 aliphatic rings. The van der Waals surface area contributed by atoms with Gasteiger partial charge in [-0.1, -0.05) is 42.0 Å². The van der Waals surface area contributed by atoms with Crippen molar-refractivity contribution in [3.8, 4) is 0 Å². The highest BCUT2D eigenvalue weighted by atomic mass is 19.1. The lowest BCUT2D eigenvalue weighted by Gasteiger charge is -2.25. The van der Waals surface area contributed by atoms with Gasteiger partial charge in [-0.15, -0.1) is 0 Å². The van der Waals surface area contributed by atoms with Crippen LogP contribution in [0.2, 0.25) is 0 Å². The number of rotatable bonds is 4. The van der Waals surface area contributed by atoms with Crippen molar-refractivity contribution in [2.24, 2.45) is 5.92 Å². The number of carbonyl (C=O) groups excluding carboxylic acids is 2. The molecule has 4 nitrogen and oxygen atoms in total. The van der Waals surface area contributed by atoms with E-state index < -0.39 is 5.92 Å². The fourth-order valence-electron chi connectivity index (χ4n) is 3.36. The third-order valence-corrected chi connectivity index (χ3v) is 4.68. The van der Waals surface area contributed by atoms with Gasteiger partial charge < -0.3 is 10.2 Å². The van der Waals surface area contributed by atoms with Crippen LogP contribution in [0.1, 0.15) is 29.2 Å². The van der Waals surface area contributed by atoms with Crippen molar-refractivity contribution in [2.45, 2.75) is 25.9 Å². The Kier molecular flexibility index (Phi) is 4.83. The van der Waals surface area contributed by atoms with Crippen LogP contribution >= 0.6 is 0 Å². The number of nitrogens with zero attached hydrogens (tertiary/aromatic N) is 1. The van der Waals surface area contributed by atoms with Crippen molar-refractivity contribution in [3.05, 3.63) is 71.0 Å². The van der Waals surface area contributed by atoms with Crippen molar-refractivity contribution in [1.29, 1.82) is 0 Å². The Bertz CT molecular complexity index is 789. The molecule has 2 atom stereocenters. The van der Waals surface area contributed by atoms with E-state index in [2.05, 4.69) is 5.32 Å². The van der Waals surface area contributed by atoms with Gasteiger partial charge in [0.1, 0.15) is 5.82 Å². The maximum atomic E-state index is 13.2. The second-order valence-corrected chi connectivity index (χ2v) is 6.52. The quantitative estimate of drug-likeness (QED) is 0.930. The van der Waals surface area contributed by atoms with Crippen LogP contribution in [0.15, 0.2) is 48.5 Å². The summed E-state index contributed by atoms with van der Waals surface area (Å²) < 4.78 is 13.2. The third-order valence-electron chi connectivity index (χ3n) is 4.68. The van der Waals surface area contributed by atoms with Crippen molar-refractivity contribution < 1.29 is 14.0 Å². The average molecular weight is 340 g/mol. The lowest BCUT2D eigenvalue weighted by atomic mass is 9.93. The van der Waals surface area contributed by atoms with Gasteiger partial charge >= 0.3 is 0 Å². The highest BCUT2D eigenvalue weighted by Gasteiger charge is 2.42. The zero-order chi connectivity index (χ0) is 18.0. The summed E-state index contributed by atoms with van der Waals surface area (Å²) in [5.74, 6) is -1.05. The summed E-state index contributed by atoms with van der Waals surface area (Å²) in [6.07, 6.45) is 0.165. The molecule has 1 heterocycles. The minimum atomic E-state index is -0.479. The van der Waals surface area contributed by atoms with Crippen LogP contribution in [-0.4, -0.2) is 23.8 Å². The van der Waals surface area contributed by atoms with Crippen LogP contribution in [0.3, 0.4) is 0 Å². The molecule has 3 rings (SSSR count). The molecule has 2 amide bonds. The van der Waals surface area contributed by atoms with Gasteiger partial charge in [0.2, 0.25) is 11.8 Å². The zero-order valence-electron chi connectivity index (χ0n) is 14.3. The van der Waals surface area contributed by atoms with Gasteiger partial charge in [0.15, 0.2) is 0 Å². The molecule has 0 radical (unpaired) electrons. The number of nitrogens with one attached hydrogen (secondary N) is 1. The number of hydrogen-bond acceptors (Lipinski definition) is 2. The monoisotopic (exact) mass is 340 g/mol. The lowest BCUT2D eigenvalue weighted by molar-refractivity contribution is -0.128. The van der Waals surface area contributed by atoms with E-state index in [0.717, 1.165) is 16.7 Å². The van der Waals surface area contributed by atoms with Gasteiger partial charge in [-0.2, -0.15) is 0 Å². The largest absolute Gasteiger partial charge is 0.352 e. The normalized spacial score (nSPS) is 20.0. The molecule has 0 spiro atoms. The molecule has 0 aliphatic carbocycles. The molecule has 0 bridgehead atoms. The fraction of sp³-hybridized carbons (Fsp3) is 0.300. The highest BCUT2D eigenvalue weighted by molar-refractivity contribution is 5.90. The molecule has 130 valence electrons. The topological polar surface area (TPSA) is 49.4 Å². The molecule has 0 unspecified atom stereocenters. The third kappa shape index (κ3) is 3.71. The molecule has 1 N–H and O–H groups in total. The Morgan fingerprint density at radius 2 is 1.96 bits per heavy atom. The smallest absolute Gasteiger partial charge is 0.226 e. The average Bonchev–Trinajstić information content (AvgIpc) is 2.89. The van der Waals surface area contributed by atoms with Gasteiger partial charge in [0, 0.05) is 20.0 Å². The number of amides is 2. The molecular formula is C20H21FN2O2. The number of carbonyl (C=O) groups is 2. The summed E-state index contributed by atoms with van der Waals surface area (Å²) in [6, 6.07) is 13.5. The minimum absolute atomic E-state index is 0.0787.